The van der Waals surface area contributed by atoms with Gasteiger partial charge in [-0.05, 0) is 36.2 Å². The van der Waals surface area contributed by atoms with Gasteiger partial charge in [0.2, 0.25) is 5.78 Å². The number of benzene rings is 1. The number of Topliss-reactive ketones (excluding diaryl/α,β-unsaturated/α-hetero) is 1. The topological polar surface area (TPSA) is 54.0 Å². The Bertz CT molecular complexity index is 625. The van der Waals surface area contributed by atoms with Gasteiger partial charge in [0.25, 0.3) is 0 Å². The minimum Gasteiger partial charge on any atom is -0.461 e. The molecule has 1 heterocycles. The lowest BCUT2D eigenvalue weighted by atomic mass is 9.94. The highest BCUT2D eigenvalue weighted by atomic mass is 35.5. The molecule has 0 fully saturated rings. The predicted molar refractivity (Wildman–Crippen MR) is 67.6 cm³/mol. The maximum Gasteiger partial charge on any atom is 0.219 e. The summed E-state index contributed by atoms with van der Waals surface area (Å²) in [5.41, 5.74) is 1.30. The molecule has 0 amide bonds. The first-order chi connectivity index (χ1) is 8.63. The normalized spacial score (nSPS) is 11.8. The summed E-state index contributed by atoms with van der Waals surface area (Å²) in [5.74, 6) is -1.02. The van der Waals surface area contributed by atoms with Crippen molar-refractivity contribution < 1.29 is 9.21 Å². The fourth-order valence-corrected chi connectivity index (χ4v) is 1.93. The number of carbonyl (C=O) groups excluding carboxylic acids is 1. The molecule has 0 aliphatic carbocycles. The maximum absolute atomic E-state index is 12.2. The Labute approximate surface area is 110 Å². The number of hydrogen-bond donors (Lipinski definition) is 0. The summed E-state index contributed by atoms with van der Waals surface area (Å²) in [5, 5.41) is 9.67. The van der Waals surface area contributed by atoms with Gasteiger partial charge in [-0.1, -0.05) is 23.7 Å². The van der Waals surface area contributed by atoms with Crippen LogP contribution in [-0.2, 0) is 0 Å². The Morgan fingerprint density at radius 3 is 2.78 bits per heavy atom. The minimum absolute atomic E-state index is 0.224. The van der Waals surface area contributed by atoms with Crippen LogP contribution in [0.15, 0.2) is 41.0 Å². The van der Waals surface area contributed by atoms with Crippen LogP contribution in [0.25, 0.3) is 0 Å². The number of furan rings is 1. The van der Waals surface area contributed by atoms with Gasteiger partial charge in [0.1, 0.15) is 5.92 Å². The summed E-state index contributed by atoms with van der Waals surface area (Å²) in [6.07, 6.45) is 1.44. The quantitative estimate of drug-likeness (QED) is 0.789. The molecular weight excluding hydrogens is 250 g/mol. The molecule has 4 heteroatoms. The number of carbonyl (C=O) groups is 1. The first kappa shape index (κ1) is 12.4. The smallest absolute Gasteiger partial charge is 0.219 e. The zero-order chi connectivity index (χ0) is 13.1. The van der Waals surface area contributed by atoms with Crippen molar-refractivity contribution in [2.24, 2.45) is 0 Å². The third-order valence-corrected chi connectivity index (χ3v) is 2.89. The van der Waals surface area contributed by atoms with Gasteiger partial charge in [-0.15, -0.1) is 0 Å². The zero-order valence-corrected chi connectivity index (χ0v) is 10.4. The lowest BCUT2D eigenvalue weighted by Gasteiger charge is -2.07. The molecule has 0 N–H and O–H groups in total. The Morgan fingerprint density at radius 1 is 1.44 bits per heavy atom. The third-order valence-electron chi connectivity index (χ3n) is 2.66. The van der Waals surface area contributed by atoms with Crippen molar-refractivity contribution in [2.45, 2.75) is 12.8 Å². The summed E-state index contributed by atoms with van der Waals surface area (Å²) in [7, 11) is 0. The maximum atomic E-state index is 12.2. The van der Waals surface area contributed by atoms with E-state index in [1.54, 1.807) is 37.3 Å². The minimum atomic E-state index is -0.895. The van der Waals surface area contributed by atoms with E-state index in [9.17, 15) is 10.1 Å². The highest BCUT2D eigenvalue weighted by Crippen LogP contribution is 2.24. The second-order valence-electron chi connectivity index (χ2n) is 3.91. The van der Waals surface area contributed by atoms with Crippen LogP contribution in [0.2, 0.25) is 5.02 Å². The van der Waals surface area contributed by atoms with Crippen LogP contribution in [0.1, 0.15) is 27.6 Å². The van der Waals surface area contributed by atoms with Crippen molar-refractivity contribution in [3.63, 3.8) is 0 Å². The largest absolute Gasteiger partial charge is 0.461 e. The second kappa shape index (κ2) is 5.07. The Kier molecular flexibility index (Phi) is 3.50. The first-order valence-electron chi connectivity index (χ1n) is 5.37. The predicted octanol–water partition coefficient (Wildman–Crippen LogP) is 3.73. The monoisotopic (exact) mass is 259 g/mol. The fourth-order valence-electron chi connectivity index (χ4n) is 1.73. The molecule has 0 aliphatic rings. The Hall–Kier alpha value is -2.05. The van der Waals surface area contributed by atoms with E-state index < -0.39 is 5.92 Å². The van der Waals surface area contributed by atoms with E-state index in [-0.39, 0.29) is 11.5 Å². The molecular formula is C14H10ClNO2. The van der Waals surface area contributed by atoms with Crippen LogP contribution >= 0.6 is 11.6 Å². The zero-order valence-electron chi connectivity index (χ0n) is 9.68. The van der Waals surface area contributed by atoms with Gasteiger partial charge in [0, 0.05) is 5.02 Å². The summed E-state index contributed by atoms with van der Waals surface area (Å²) in [6, 6.07) is 10.4. The van der Waals surface area contributed by atoms with E-state index >= 15 is 0 Å². The molecule has 0 saturated carbocycles. The van der Waals surface area contributed by atoms with Crippen molar-refractivity contribution in [3.05, 3.63) is 58.5 Å². The Balaban J connectivity index is 2.39. The lowest BCUT2D eigenvalue weighted by Crippen LogP contribution is -2.11. The summed E-state index contributed by atoms with van der Waals surface area (Å²) in [4.78, 5) is 12.2. The highest BCUT2D eigenvalue weighted by molar-refractivity contribution is 6.30. The second-order valence-corrected chi connectivity index (χ2v) is 4.35. The van der Waals surface area contributed by atoms with Gasteiger partial charge in [0.15, 0.2) is 5.76 Å². The molecule has 2 aromatic rings. The number of nitriles is 1. The number of rotatable bonds is 3. The van der Waals surface area contributed by atoms with E-state index in [0.29, 0.717) is 10.6 Å². The molecule has 0 bridgehead atoms. The van der Waals surface area contributed by atoms with Crippen molar-refractivity contribution >= 4 is 17.4 Å². The van der Waals surface area contributed by atoms with Crippen LogP contribution in [0.4, 0.5) is 0 Å². The van der Waals surface area contributed by atoms with Gasteiger partial charge < -0.3 is 4.42 Å². The molecule has 1 aromatic heterocycles. The molecule has 2 rings (SSSR count). The number of hydrogen-bond acceptors (Lipinski definition) is 3. The number of nitrogens with zero attached hydrogens (tertiary/aromatic N) is 1. The van der Waals surface area contributed by atoms with Gasteiger partial charge in [-0.25, -0.2) is 0 Å². The Morgan fingerprint density at radius 2 is 2.22 bits per heavy atom. The van der Waals surface area contributed by atoms with Crippen LogP contribution < -0.4 is 0 Å². The molecule has 0 aliphatic heterocycles. The molecule has 1 atom stereocenters. The molecule has 1 aromatic carbocycles. The summed E-state index contributed by atoms with van der Waals surface area (Å²) >= 11 is 5.86. The summed E-state index contributed by atoms with van der Waals surface area (Å²) < 4.78 is 5.13. The number of ketones is 1. The van der Waals surface area contributed by atoms with Crippen molar-refractivity contribution in [1.29, 1.82) is 5.26 Å². The molecule has 3 nitrogen and oxygen atoms in total. The number of halogens is 1. The van der Waals surface area contributed by atoms with Crippen LogP contribution in [0.3, 0.4) is 0 Å². The van der Waals surface area contributed by atoms with Crippen LogP contribution in [0.5, 0.6) is 0 Å². The van der Waals surface area contributed by atoms with Crippen LogP contribution in [-0.4, -0.2) is 5.78 Å². The van der Waals surface area contributed by atoms with Crippen molar-refractivity contribution in [2.75, 3.05) is 0 Å². The van der Waals surface area contributed by atoms with Crippen molar-refractivity contribution in [1.82, 2.24) is 0 Å². The van der Waals surface area contributed by atoms with Crippen molar-refractivity contribution in [3.8, 4) is 6.07 Å². The third kappa shape index (κ3) is 2.29. The molecule has 18 heavy (non-hydrogen) atoms. The van der Waals surface area contributed by atoms with Crippen LogP contribution in [0, 0.1) is 18.3 Å². The van der Waals surface area contributed by atoms with E-state index in [2.05, 4.69) is 0 Å². The average molecular weight is 260 g/mol. The van der Waals surface area contributed by atoms with E-state index in [1.165, 1.54) is 6.26 Å². The highest BCUT2D eigenvalue weighted by Gasteiger charge is 2.25. The van der Waals surface area contributed by atoms with Gasteiger partial charge >= 0.3 is 0 Å². The molecule has 1 unspecified atom stereocenters. The van der Waals surface area contributed by atoms with Gasteiger partial charge in [-0.3, -0.25) is 4.79 Å². The number of aryl methyl sites for hydroxylation is 1. The van der Waals surface area contributed by atoms with Gasteiger partial charge in [0.05, 0.1) is 12.3 Å². The lowest BCUT2D eigenvalue weighted by molar-refractivity contribution is 0.0951. The van der Waals surface area contributed by atoms with E-state index in [1.807, 2.05) is 6.07 Å². The molecule has 90 valence electrons. The SMILES string of the molecule is Cc1ccoc1C(=O)C(C#N)c1cccc(Cl)c1. The molecule has 0 radical (unpaired) electrons. The molecule has 0 saturated heterocycles. The fraction of sp³-hybridized carbons (Fsp3) is 0.143. The summed E-state index contributed by atoms with van der Waals surface area (Å²) in [6.45, 7) is 1.77. The average Bonchev–Trinajstić information content (AvgIpc) is 2.76. The van der Waals surface area contributed by atoms with E-state index in [0.717, 1.165) is 5.56 Å². The molecule has 0 spiro atoms. The van der Waals surface area contributed by atoms with Gasteiger partial charge in [-0.2, -0.15) is 5.26 Å². The first-order valence-corrected chi connectivity index (χ1v) is 5.74. The standard InChI is InChI=1S/C14H10ClNO2/c1-9-5-6-18-14(9)13(17)12(8-16)10-3-2-4-11(15)7-10/h2-7,12H,1H3. The van der Waals surface area contributed by atoms with E-state index in [4.69, 9.17) is 16.0 Å².